The van der Waals surface area contributed by atoms with Crippen LogP contribution in [0.2, 0.25) is 0 Å². The van der Waals surface area contributed by atoms with Gasteiger partial charge in [-0.1, -0.05) is 0 Å². The summed E-state index contributed by atoms with van der Waals surface area (Å²) in [5.74, 6) is -2.54. The number of nitrogens with zero attached hydrogens (tertiary/aromatic N) is 3. The van der Waals surface area contributed by atoms with Crippen molar-refractivity contribution in [1.29, 1.82) is 0 Å². The van der Waals surface area contributed by atoms with E-state index in [0.29, 0.717) is 23.7 Å². The summed E-state index contributed by atoms with van der Waals surface area (Å²) in [6.45, 7) is 3.95. The predicted molar refractivity (Wildman–Crippen MR) is 111 cm³/mol. The Morgan fingerprint density at radius 2 is 1.94 bits per heavy atom. The van der Waals surface area contributed by atoms with E-state index in [-0.39, 0.29) is 30.2 Å². The molecule has 1 aliphatic carbocycles. The third-order valence-corrected chi connectivity index (χ3v) is 5.04. The number of aryl methyl sites for hydroxylation is 1. The standard InChI is InChI=1S/C21H30F2N4O4/c1-13(24-14(2)28)11-29-15-5-7-16(8-6-15)31-18-10-9-17-19(26-18)27(4)20(25-17)30-12-21(3,22)23/h9-10,13,15-16H,5-8,11-12H2,1-4H3,(H,24,28)/t13-,15-,16-/m0/s1. The van der Waals surface area contributed by atoms with Gasteiger partial charge in [0.1, 0.15) is 11.6 Å². The summed E-state index contributed by atoms with van der Waals surface area (Å²) in [7, 11) is 1.67. The highest BCUT2D eigenvalue weighted by Crippen LogP contribution is 2.27. The van der Waals surface area contributed by atoms with Crippen LogP contribution in [-0.2, 0) is 16.6 Å². The molecule has 0 saturated heterocycles. The van der Waals surface area contributed by atoms with Gasteiger partial charge >= 0.3 is 0 Å². The number of nitrogens with one attached hydrogen (secondary N) is 1. The molecule has 8 nitrogen and oxygen atoms in total. The highest BCUT2D eigenvalue weighted by atomic mass is 19.3. The minimum absolute atomic E-state index is 0.0151. The van der Waals surface area contributed by atoms with Gasteiger partial charge in [0.25, 0.3) is 11.9 Å². The fraction of sp³-hybridized carbons (Fsp3) is 0.667. The summed E-state index contributed by atoms with van der Waals surface area (Å²) in [4.78, 5) is 19.8. The van der Waals surface area contributed by atoms with Gasteiger partial charge in [0, 0.05) is 33.0 Å². The number of imidazole rings is 1. The van der Waals surface area contributed by atoms with E-state index in [1.807, 2.05) is 6.92 Å². The van der Waals surface area contributed by atoms with E-state index < -0.39 is 12.5 Å². The Hall–Kier alpha value is -2.49. The second-order valence-corrected chi connectivity index (χ2v) is 8.26. The number of fused-ring (bicyclic) bond motifs is 1. The smallest absolute Gasteiger partial charge is 0.298 e. The van der Waals surface area contributed by atoms with Gasteiger partial charge in [-0.15, -0.1) is 0 Å². The van der Waals surface area contributed by atoms with Crippen molar-refractivity contribution < 1.29 is 27.8 Å². The molecular weight excluding hydrogens is 410 g/mol. The lowest BCUT2D eigenvalue weighted by Gasteiger charge is -2.29. The molecule has 1 aliphatic rings. The van der Waals surface area contributed by atoms with Gasteiger partial charge in [0.15, 0.2) is 12.3 Å². The van der Waals surface area contributed by atoms with Crippen LogP contribution in [0.5, 0.6) is 11.9 Å². The molecule has 10 heteroatoms. The molecule has 0 unspecified atom stereocenters. The fourth-order valence-corrected chi connectivity index (χ4v) is 3.57. The first-order valence-corrected chi connectivity index (χ1v) is 10.5. The maximum Gasteiger partial charge on any atom is 0.298 e. The zero-order valence-corrected chi connectivity index (χ0v) is 18.4. The molecule has 2 aromatic rings. The van der Waals surface area contributed by atoms with Crippen LogP contribution in [0.25, 0.3) is 11.2 Å². The summed E-state index contributed by atoms with van der Waals surface area (Å²) in [6, 6.07) is 3.55. The average Bonchev–Trinajstić information content (AvgIpc) is 3.00. The van der Waals surface area contributed by atoms with Crippen LogP contribution >= 0.6 is 0 Å². The Balaban J connectivity index is 1.52. The third-order valence-electron chi connectivity index (χ3n) is 5.04. The molecule has 1 fully saturated rings. The predicted octanol–water partition coefficient (Wildman–Crippen LogP) is 3.23. The summed E-state index contributed by atoms with van der Waals surface area (Å²) in [5, 5.41) is 2.81. The van der Waals surface area contributed by atoms with Gasteiger partial charge in [-0.2, -0.15) is 9.97 Å². The molecule has 1 N–H and O–H groups in total. The Morgan fingerprint density at radius 3 is 2.58 bits per heavy atom. The van der Waals surface area contributed by atoms with E-state index in [1.54, 1.807) is 19.2 Å². The van der Waals surface area contributed by atoms with Crippen molar-refractivity contribution in [1.82, 2.24) is 19.9 Å². The van der Waals surface area contributed by atoms with Gasteiger partial charge in [-0.25, -0.2) is 8.78 Å². The van der Waals surface area contributed by atoms with Gasteiger partial charge in [-0.3, -0.25) is 9.36 Å². The SMILES string of the molecule is CC(=O)N[C@@H](C)CO[C@H]1CC[C@H](Oc2ccc3nc(OCC(C)(F)F)n(C)c3n2)CC1. The molecule has 2 aromatic heterocycles. The molecule has 1 atom stereocenters. The zero-order valence-electron chi connectivity index (χ0n) is 18.4. The van der Waals surface area contributed by atoms with Crippen molar-refractivity contribution in [3.63, 3.8) is 0 Å². The minimum Gasteiger partial charge on any atom is -0.474 e. The summed E-state index contributed by atoms with van der Waals surface area (Å²) in [5.41, 5.74) is 1.06. The number of pyridine rings is 1. The first-order valence-electron chi connectivity index (χ1n) is 10.5. The Morgan fingerprint density at radius 1 is 1.26 bits per heavy atom. The lowest BCUT2D eigenvalue weighted by Crippen LogP contribution is -2.36. The van der Waals surface area contributed by atoms with Gasteiger partial charge in [0.05, 0.1) is 12.7 Å². The number of ether oxygens (including phenoxy) is 3. The van der Waals surface area contributed by atoms with E-state index in [1.165, 1.54) is 11.5 Å². The number of carbonyl (C=O) groups is 1. The number of alkyl halides is 2. The van der Waals surface area contributed by atoms with Crippen LogP contribution in [0.3, 0.4) is 0 Å². The minimum atomic E-state index is -2.94. The topological polar surface area (TPSA) is 87.5 Å². The molecule has 31 heavy (non-hydrogen) atoms. The van der Waals surface area contributed by atoms with Crippen LogP contribution in [0, 0.1) is 0 Å². The monoisotopic (exact) mass is 440 g/mol. The van der Waals surface area contributed by atoms with E-state index in [4.69, 9.17) is 14.2 Å². The molecule has 0 radical (unpaired) electrons. The number of hydrogen-bond acceptors (Lipinski definition) is 6. The number of aromatic nitrogens is 3. The van der Waals surface area contributed by atoms with Gasteiger partial charge < -0.3 is 19.5 Å². The molecule has 0 aromatic carbocycles. The van der Waals surface area contributed by atoms with Crippen molar-refractivity contribution in [2.75, 3.05) is 13.2 Å². The second-order valence-electron chi connectivity index (χ2n) is 8.26. The molecule has 0 aliphatic heterocycles. The van der Waals surface area contributed by atoms with Crippen molar-refractivity contribution in [3.8, 4) is 11.9 Å². The van der Waals surface area contributed by atoms with Crippen molar-refractivity contribution in [2.24, 2.45) is 7.05 Å². The normalized spacial score (nSPS) is 20.5. The Kier molecular flexibility index (Phi) is 7.30. The summed E-state index contributed by atoms with van der Waals surface area (Å²) in [6.07, 6.45) is 3.60. The van der Waals surface area contributed by atoms with Crippen molar-refractivity contribution in [3.05, 3.63) is 12.1 Å². The first-order chi connectivity index (χ1) is 14.6. The van der Waals surface area contributed by atoms with E-state index >= 15 is 0 Å². The molecule has 1 saturated carbocycles. The van der Waals surface area contributed by atoms with Gasteiger partial charge in [0.2, 0.25) is 11.8 Å². The number of rotatable bonds is 9. The molecule has 1 amide bonds. The molecule has 172 valence electrons. The molecule has 3 rings (SSSR count). The van der Waals surface area contributed by atoms with Crippen LogP contribution in [0.1, 0.15) is 46.5 Å². The maximum absolute atomic E-state index is 13.1. The summed E-state index contributed by atoms with van der Waals surface area (Å²) < 4.78 is 44.7. The average molecular weight is 440 g/mol. The Labute approximate surface area is 180 Å². The fourth-order valence-electron chi connectivity index (χ4n) is 3.57. The van der Waals surface area contributed by atoms with Crippen LogP contribution in [0.15, 0.2) is 12.1 Å². The van der Waals surface area contributed by atoms with E-state index in [9.17, 15) is 13.6 Å². The molecule has 0 bridgehead atoms. The quantitative estimate of drug-likeness (QED) is 0.644. The highest BCUT2D eigenvalue weighted by molar-refractivity contribution is 5.73. The second kappa shape index (κ2) is 9.76. The van der Waals surface area contributed by atoms with E-state index in [2.05, 4.69) is 15.3 Å². The molecular formula is C21H30F2N4O4. The number of hydrogen-bond donors (Lipinski definition) is 1. The molecule has 2 heterocycles. The van der Waals surface area contributed by atoms with Crippen LogP contribution in [-0.4, -0.2) is 57.8 Å². The third kappa shape index (κ3) is 6.75. The largest absolute Gasteiger partial charge is 0.474 e. The Bertz CT molecular complexity index is 891. The van der Waals surface area contributed by atoms with E-state index in [0.717, 1.165) is 32.6 Å². The van der Waals surface area contributed by atoms with Gasteiger partial charge in [-0.05, 0) is 38.7 Å². The highest BCUT2D eigenvalue weighted by Gasteiger charge is 2.25. The van der Waals surface area contributed by atoms with Crippen LogP contribution in [0.4, 0.5) is 8.78 Å². The summed E-state index contributed by atoms with van der Waals surface area (Å²) >= 11 is 0. The maximum atomic E-state index is 13.1. The number of halogens is 2. The van der Waals surface area contributed by atoms with Crippen molar-refractivity contribution >= 4 is 17.1 Å². The van der Waals surface area contributed by atoms with Crippen molar-refractivity contribution in [2.45, 2.75) is 70.6 Å². The lowest BCUT2D eigenvalue weighted by molar-refractivity contribution is -0.120. The first kappa shape index (κ1) is 23.2. The molecule has 0 spiro atoms. The number of amides is 1. The van der Waals surface area contributed by atoms with Crippen LogP contribution < -0.4 is 14.8 Å². The lowest BCUT2D eigenvalue weighted by atomic mass is 9.95. The number of carbonyl (C=O) groups excluding carboxylic acids is 1. The zero-order chi connectivity index (χ0) is 22.6.